The van der Waals surface area contributed by atoms with Crippen molar-refractivity contribution in [1.82, 2.24) is 0 Å². The Morgan fingerprint density at radius 3 is 2.69 bits per heavy atom. The van der Waals surface area contributed by atoms with Crippen molar-refractivity contribution in [3.05, 3.63) is 23.0 Å². The molecule has 0 heterocycles. The summed E-state index contributed by atoms with van der Waals surface area (Å²) in [4.78, 5) is 11.2. The molecule has 2 nitrogen and oxygen atoms in total. The first-order valence-electron chi connectivity index (χ1n) is 6.39. The normalized spacial score (nSPS) is 24.2. The van der Waals surface area contributed by atoms with Crippen LogP contribution in [-0.4, -0.2) is 5.97 Å². The Balaban J connectivity index is 1.94. The second-order valence-corrected chi connectivity index (χ2v) is 4.60. The second-order valence-electron chi connectivity index (χ2n) is 4.60. The fourth-order valence-corrected chi connectivity index (χ4v) is 2.57. The topological polar surface area (TPSA) is 26.3 Å². The van der Waals surface area contributed by atoms with Gasteiger partial charge in [-0.1, -0.05) is 18.1 Å². The van der Waals surface area contributed by atoms with Gasteiger partial charge in [-0.15, -0.1) is 0 Å². The number of carbonyl (C=O) groups is 1. The number of hydrogen-bond donors (Lipinski definition) is 0. The molecule has 2 aliphatic carbocycles. The Kier molecular flexibility index (Phi) is 3.81. The lowest BCUT2D eigenvalue weighted by atomic mass is 9.98. The largest absolute Gasteiger partial charge is 0.431 e. The van der Waals surface area contributed by atoms with Gasteiger partial charge in [-0.3, -0.25) is 4.79 Å². The van der Waals surface area contributed by atoms with E-state index in [1.165, 1.54) is 25.7 Å². The zero-order valence-electron chi connectivity index (χ0n) is 10.1. The van der Waals surface area contributed by atoms with E-state index in [4.69, 9.17) is 4.74 Å². The van der Waals surface area contributed by atoms with Crippen LogP contribution in [0.5, 0.6) is 0 Å². The Morgan fingerprint density at radius 1 is 1.19 bits per heavy atom. The smallest absolute Gasteiger partial charge is 0.310 e. The summed E-state index contributed by atoms with van der Waals surface area (Å²) in [6.07, 6.45) is 10.7. The first kappa shape index (κ1) is 11.4. The molecule has 16 heavy (non-hydrogen) atoms. The molecular weight excluding hydrogens is 200 g/mol. The predicted molar refractivity (Wildman–Crippen MR) is 63.8 cm³/mol. The number of ether oxygens (including phenoxy) is 1. The fraction of sp³-hybridized carbons (Fsp3) is 0.643. The molecule has 0 unspecified atom stereocenters. The van der Waals surface area contributed by atoms with Gasteiger partial charge in [0.2, 0.25) is 0 Å². The van der Waals surface area contributed by atoms with Gasteiger partial charge in [-0.05, 0) is 44.6 Å². The Morgan fingerprint density at radius 2 is 1.94 bits per heavy atom. The molecule has 0 saturated carbocycles. The van der Waals surface area contributed by atoms with Crippen molar-refractivity contribution in [3.8, 4) is 0 Å². The highest BCUT2D eigenvalue weighted by atomic mass is 16.5. The maximum atomic E-state index is 11.2. The van der Waals surface area contributed by atoms with Crippen molar-refractivity contribution >= 4 is 5.97 Å². The molecule has 2 aliphatic rings. The summed E-state index contributed by atoms with van der Waals surface area (Å²) >= 11 is 0. The van der Waals surface area contributed by atoms with E-state index in [9.17, 15) is 4.79 Å². The summed E-state index contributed by atoms with van der Waals surface area (Å²) in [6, 6.07) is 0. The van der Waals surface area contributed by atoms with Crippen LogP contribution in [0.3, 0.4) is 0 Å². The molecule has 0 bridgehead atoms. The zero-order valence-corrected chi connectivity index (χ0v) is 10.1. The quantitative estimate of drug-likeness (QED) is 0.521. The third-order valence-corrected chi connectivity index (χ3v) is 3.48. The maximum Gasteiger partial charge on any atom is 0.310 e. The number of carbonyl (C=O) groups excluding carboxylic acids is 1. The lowest BCUT2D eigenvalue weighted by Crippen LogP contribution is -2.04. The third-order valence-electron chi connectivity index (χ3n) is 3.48. The predicted octanol–water partition coefficient (Wildman–Crippen LogP) is 3.88. The zero-order chi connectivity index (χ0) is 11.4. The summed E-state index contributed by atoms with van der Waals surface area (Å²) in [5.41, 5.74) is 3.32. The van der Waals surface area contributed by atoms with E-state index >= 15 is 0 Å². The van der Waals surface area contributed by atoms with Crippen LogP contribution < -0.4 is 0 Å². The molecule has 0 aliphatic heterocycles. The van der Waals surface area contributed by atoms with Crippen LogP contribution in [0.1, 0.15) is 58.3 Å². The lowest BCUT2D eigenvalue weighted by molar-refractivity contribution is -0.139. The fourth-order valence-electron chi connectivity index (χ4n) is 2.57. The van der Waals surface area contributed by atoms with Gasteiger partial charge in [0.05, 0.1) is 0 Å². The minimum Gasteiger partial charge on any atom is -0.431 e. The van der Waals surface area contributed by atoms with Crippen LogP contribution in [-0.2, 0) is 9.53 Å². The van der Waals surface area contributed by atoms with E-state index in [2.05, 4.69) is 6.08 Å². The summed E-state index contributed by atoms with van der Waals surface area (Å²) in [7, 11) is 0. The van der Waals surface area contributed by atoms with Gasteiger partial charge in [0.1, 0.15) is 5.76 Å². The lowest BCUT2D eigenvalue weighted by Gasteiger charge is -2.13. The number of allylic oxidation sites excluding steroid dienone is 4. The van der Waals surface area contributed by atoms with Gasteiger partial charge in [-0.2, -0.15) is 0 Å². The molecule has 0 aromatic heterocycles. The number of esters is 1. The van der Waals surface area contributed by atoms with Gasteiger partial charge in [-0.25, -0.2) is 0 Å². The van der Waals surface area contributed by atoms with Crippen molar-refractivity contribution in [2.24, 2.45) is 0 Å². The van der Waals surface area contributed by atoms with E-state index in [1.807, 2.05) is 6.92 Å². The van der Waals surface area contributed by atoms with Crippen LogP contribution in [0.4, 0.5) is 0 Å². The average Bonchev–Trinajstić information content (AvgIpc) is 2.69. The summed E-state index contributed by atoms with van der Waals surface area (Å²) in [6.45, 7) is 1.84. The Labute approximate surface area is 97.4 Å². The molecule has 0 aromatic rings. The third kappa shape index (κ3) is 2.75. The van der Waals surface area contributed by atoms with E-state index in [1.54, 1.807) is 11.1 Å². The van der Waals surface area contributed by atoms with Gasteiger partial charge >= 0.3 is 5.97 Å². The van der Waals surface area contributed by atoms with E-state index in [0.29, 0.717) is 6.42 Å². The second kappa shape index (κ2) is 5.33. The number of rotatable bonds is 2. The molecule has 0 fully saturated rings. The summed E-state index contributed by atoms with van der Waals surface area (Å²) < 4.78 is 5.32. The monoisotopic (exact) mass is 220 g/mol. The SMILES string of the molecule is CCC(=O)O/C1=C/CCC2=C(CCC2)CC1. The first-order chi connectivity index (χ1) is 7.79. The molecule has 0 radical (unpaired) electrons. The molecule has 0 aromatic carbocycles. The van der Waals surface area contributed by atoms with Crippen molar-refractivity contribution in [2.45, 2.75) is 58.3 Å². The van der Waals surface area contributed by atoms with Crippen LogP contribution in [0.2, 0.25) is 0 Å². The highest BCUT2D eigenvalue weighted by Gasteiger charge is 2.17. The molecule has 0 saturated heterocycles. The molecule has 2 rings (SSSR count). The van der Waals surface area contributed by atoms with Crippen LogP contribution in [0.15, 0.2) is 23.0 Å². The highest BCUT2D eigenvalue weighted by Crippen LogP contribution is 2.34. The van der Waals surface area contributed by atoms with Crippen molar-refractivity contribution in [3.63, 3.8) is 0 Å². The van der Waals surface area contributed by atoms with Gasteiger partial charge in [0, 0.05) is 12.8 Å². The standard InChI is InChI=1S/C14H20O2/c1-2-14(15)16-13-8-4-7-11-5-3-6-12(11)9-10-13/h8H,2-7,9-10H2,1H3/b13-8+. The minimum absolute atomic E-state index is 0.104. The summed E-state index contributed by atoms with van der Waals surface area (Å²) in [5, 5.41) is 0. The van der Waals surface area contributed by atoms with E-state index in [0.717, 1.165) is 25.0 Å². The van der Waals surface area contributed by atoms with Gasteiger partial charge in [0.15, 0.2) is 0 Å². The van der Waals surface area contributed by atoms with E-state index in [-0.39, 0.29) is 5.97 Å². The molecule has 0 spiro atoms. The van der Waals surface area contributed by atoms with Gasteiger partial charge in [0.25, 0.3) is 0 Å². The van der Waals surface area contributed by atoms with Crippen LogP contribution >= 0.6 is 0 Å². The van der Waals surface area contributed by atoms with Crippen molar-refractivity contribution < 1.29 is 9.53 Å². The Hall–Kier alpha value is -1.05. The summed E-state index contributed by atoms with van der Waals surface area (Å²) in [5.74, 6) is 0.790. The van der Waals surface area contributed by atoms with Crippen LogP contribution in [0, 0.1) is 0 Å². The molecule has 0 atom stereocenters. The first-order valence-corrected chi connectivity index (χ1v) is 6.39. The number of hydrogen-bond acceptors (Lipinski definition) is 2. The molecule has 0 amide bonds. The highest BCUT2D eigenvalue weighted by molar-refractivity contribution is 5.70. The molecule has 0 N–H and O–H groups in total. The maximum absolute atomic E-state index is 11.2. The van der Waals surface area contributed by atoms with Gasteiger partial charge < -0.3 is 4.74 Å². The Bertz CT molecular complexity index is 337. The molecular formula is C14H20O2. The molecule has 2 heteroatoms. The van der Waals surface area contributed by atoms with Crippen molar-refractivity contribution in [2.75, 3.05) is 0 Å². The minimum atomic E-state index is -0.104. The van der Waals surface area contributed by atoms with Crippen molar-refractivity contribution in [1.29, 1.82) is 0 Å². The average molecular weight is 220 g/mol. The van der Waals surface area contributed by atoms with E-state index < -0.39 is 0 Å². The molecule has 88 valence electrons. The van der Waals surface area contributed by atoms with Crippen LogP contribution in [0.25, 0.3) is 0 Å².